The number of carbonyl (C=O) groups excluding carboxylic acids is 2. The number of rotatable bonds is 4. The summed E-state index contributed by atoms with van der Waals surface area (Å²) in [7, 11) is 0. The number of aromatic nitrogens is 1. The molecule has 7 nitrogen and oxygen atoms in total. The number of amides is 2. The number of ether oxygens (including phenoxy) is 2. The third kappa shape index (κ3) is 3.71. The SMILES string of the molecule is CC(NC(=O)CN1C(=O)CSc2ncccc21)c1ccc2c(c1)OCCO2. The smallest absolute Gasteiger partial charge is 0.240 e. The highest BCUT2D eigenvalue weighted by Gasteiger charge is 2.27. The minimum Gasteiger partial charge on any atom is -0.486 e. The van der Waals surface area contributed by atoms with Crippen LogP contribution in [0.15, 0.2) is 41.6 Å². The highest BCUT2D eigenvalue weighted by atomic mass is 32.2. The Bertz CT molecular complexity index is 889. The van der Waals surface area contributed by atoms with E-state index in [1.54, 1.807) is 12.3 Å². The number of nitrogens with zero attached hydrogens (tertiary/aromatic N) is 2. The molecule has 1 aromatic carbocycles. The van der Waals surface area contributed by atoms with Crippen LogP contribution in [0.3, 0.4) is 0 Å². The van der Waals surface area contributed by atoms with E-state index >= 15 is 0 Å². The van der Waals surface area contributed by atoms with Crippen molar-refractivity contribution in [1.82, 2.24) is 10.3 Å². The molecule has 4 rings (SSSR count). The number of fused-ring (bicyclic) bond motifs is 2. The number of hydrogen-bond donors (Lipinski definition) is 1. The molecule has 0 saturated carbocycles. The van der Waals surface area contributed by atoms with Crippen molar-refractivity contribution >= 4 is 29.3 Å². The van der Waals surface area contributed by atoms with Gasteiger partial charge in [-0.2, -0.15) is 0 Å². The van der Waals surface area contributed by atoms with Crippen LogP contribution in [0.5, 0.6) is 11.5 Å². The molecular formula is C19H19N3O4S. The summed E-state index contributed by atoms with van der Waals surface area (Å²) in [6.07, 6.45) is 1.68. The Balaban J connectivity index is 1.44. The van der Waals surface area contributed by atoms with E-state index in [0.717, 1.165) is 10.6 Å². The van der Waals surface area contributed by atoms with Crippen LogP contribution < -0.4 is 19.7 Å². The first-order valence-corrected chi connectivity index (χ1v) is 9.67. The second-order valence-corrected chi connectivity index (χ2v) is 7.25. The van der Waals surface area contributed by atoms with Gasteiger partial charge in [-0.1, -0.05) is 17.8 Å². The van der Waals surface area contributed by atoms with Crippen LogP contribution in [0.25, 0.3) is 0 Å². The minimum absolute atomic E-state index is 0.0347. The summed E-state index contributed by atoms with van der Waals surface area (Å²) in [6, 6.07) is 8.97. The van der Waals surface area contributed by atoms with E-state index < -0.39 is 0 Å². The molecule has 2 aromatic rings. The average molecular weight is 385 g/mol. The van der Waals surface area contributed by atoms with Gasteiger partial charge in [0.15, 0.2) is 11.5 Å². The Morgan fingerprint density at radius 3 is 2.96 bits per heavy atom. The van der Waals surface area contributed by atoms with Crippen LogP contribution in [-0.4, -0.2) is 42.3 Å². The van der Waals surface area contributed by atoms with Gasteiger partial charge in [0.25, 0.3) is 0 Å². The van der Waals surface area contributed by atoms with Crippen molar-refractivity contribution < 1.29 is 19.1 Å². The summed E-state index contributed by atoms with van der Waals surface area (Å²) in [6.45, 7) is 2.91. The topological polar surface area (TPSA) is 80.8 Å². The van der Waals surface area contributed by atoms with Gasteiger partial charge in [-0.05, 0) is 36.8 Å². The lowest BCUT2D eigenvalue weighted by molar-refractivity contribution is -0.123. The maximum absolute atomic E-state index is 12.6. The van der Waals surface area contributed by atoms with Crippen molar-refractivity contribution in [1.29, 1.82) is 0 Å². The van der Waals surface area contributed by atoms with Gasteiger partial charge in [0, 0.05) is 6.20 Å². The quantitative estimate of drug-likeness (QED) is 0.869. The molecule has 0 saturated heterocycles. The van der Waals surface area contributed by atoms with Gasteiger partial charge in [-0.3, -0.25) is 14.5 Å². The zero-order valence-corrected chi connectivity index (χ0v) is 15.6. The van der Waals surface area contributed by atoms with E-state index in [4.69, 9.17) is 9.47 Å². The average Bonchev–Trinajstić information content (AvgIpc) is 2.69. The van der Waals surface area contributed by atoms with Crippen molar-refractivity contribution in [3.05, 3.63) is 42.1 Å². The third-order valence-electron chi connectivity index (χ3n) is 4.42. The number of anilines is 1. The predicted molar refractivity (Wildman–Crippen MR) is 101 cm³/mol. The summed E-state index contributed by atoms with van der Waals surface area (Å²) < 4.78 is 11.1. The summed E-state index contributed by atoms with van der Waals surface area (Å²) in [5, 5.41) is 3.71. The molecule has 0 bridgehead atoms. The summed E-state index contributed by atoms with van der Waals surface area (Å²) >= 11 is 1.39. The number of carbonyl (C=O) groups is 2. The van der Waals surface area contributed by atoms with Gasteiger partial charge < -0.3 is 14.8 Å². The van der Waals surface area contributed by atoms with Crippen molar-refractivity contribution in [2.75, 3.05) is 30.4 Å². The molecule has 2 aliphatic rings. The zero-order valence-electron chi connectivity index (χ0n) is 14.8. The van der Waals surface area contributed by atoms with Crippen molar-refractivity contribution in [3.8, 4) is 11.5 Å². The van der Waals surface area contributed by atoms with E-state index in [2.05, 4.69) is 10.3 Å². The molecule has 0 aliphatic carbocycles. The number of pyridine rings is 1. The van der Waals surface area contributed by atoms with Crippen molar-refractivity contribution in [2.24, 2.45) is 0 Å². The number of hydrogen-bond acceptors (Lipinski definition) is 6. The fraction of sp³-hybridized carbons (Fsp3) is 0.316. The van der Waals surface area contributed by atoms with Crippen LogP contribution in [-0.2, 0) is 9.59 Å². The molecule has 0 spiro atoms. The lowest BCUT2D eigenvalue weighted by Gasteiger charge is -2.28. The second kappa shape index (κ2) is 7.48. The molecule has 0 radical (unpaired) electrons. The van der Waals surface area contributed by atoms with Crippen LogP contribution in [0.1, 0.15) is 18.5 Å². The number of thioether (sulfide) groups is 1. The highest BCUT2D eigenvalue weighted by Crippen LogP contribution is 2.34. The molecule has 1 atom stereocenters. The van der Waals surface area contributed by atoms with Crippen molar-refractivity contribution in [3.63, 3.8) is 0 Å². The zero-order chi connectivity index (χ0) is 18.8. The van der Waals surface area contributed by atoms with E-state index in [9.17, 15) is 9.59 Å². The lowest BCUT2D eigenvalue weighted by Crippen LogP contribution is -2.44. The molecule has 27 heavy (non-hydrogen) atoms. The van der Waals surface area contributed by atoms with E-state index in [1.165, 1.54) is 16.7 Å². The lowest BCUT2D eigenvalue weighted by atomic mass is 10.1. The molecular weight excluding hydrogens is 366 g/mol. The Labute approximate surface area is 161 Å². The van der Waals surface area contributed by atoms with Gasteiger partial charge >= 0.3 is 0 Å². The molecule has 1 N–H and O–H groups in total. The van der Waals surface area contributed by atoms with Crippen molar-refractivity contribution in [2.45, 2.75) is 18.0 Å². The first-order chi connectivity index (χ1) is 13.1. The second-order valence-electron chi connectivity index (χ2n) is 6.29. The summed E-state index contributed by atoms with van der Waals surface area (Å²) in [5.74, 6) is 1.36. The first-order valence-electron chi connectivity index (χ1n) is 8.69. The molecule has 1 aromatic heterocycles. The largest absolute Gasteiger partial charge is 0.486 e. The number of benzene rings is 1. The van der Waals surface area contributed by atoms with Crippen LogP contribution >= 0.6 is 11.8 Å². The maximum Gasteiger partial charge on any atom is 0.240 e. The Morgan fingerprint density at radius 2 is 2.11 bits per heavy atom. The minimum atomic E-state index is -0.229. The van der Waals surface area contributed by atoms with Crippen LogP contribution in [0, 0.1) is 0 Å². The molecule has 3 heterocycles. The van der Waals surface area contributed by atoms with Gasteiger partial charge in [-0.15, -0.1) is 0 Å². The monoisotopic (exact) mass is 385 g/mol. The molecule has 140 valence electrons. The van der Waals surface area contributed by atoms with E-state index in [0.29, 0.717) is 30.4 Å². The molecule has 8 heteroatoms. The van der Waals surface area contributed by atoms with Crippen LogP contribution in [0.4, 0.5) is 5.69 Å². The summed E-state index contributed by atoms with van der Waals surface area (Å²) in [4.78, 5) is 30.6. The molecule has 1 unspecified atom stereocenters. The molecule has 0 fully saturated rings. The van der Waals surface area contributed by atoms with E-state index in [-0.39, 0.29) is 30.2 Å². The Morgan fingerprint density at radius 1 is 1.30 bits per heavy atom. The Hall–Kier alpha value is -2.74. The van der Waals surface area contributed by atoms with Gasteiger partial charge in [-0.25, -0.2) is 4.98 Å². The standard InChI is InChI=1S/C19H19N3O4S/c1-12(13-4-5-15-16(9-13)26-8-7-25-15)21-17(23)10-22-14-3-2-6-20-19(14)27-11-18(22)24/h2-6,9,12H,7-8,10-11H2,1H3,(H,21,23). The molecule has 2 amide bonds. The maximum atomic E-state index is 12.6. The first kappa shape index (κ1) is 17.7. The predicted octanol–water partition coefficient (Wildman–Crippen LogP) is 2.17. The van der Waals surface area contributed by atoms with Gasteiger partial charge in [0.2, 0.25) is 11.8 Å². The fourth-order valence-electron chi connectivity index (χ4n) is 3.06. The molecule has 2 aliphatic heterocycles. The van der Waals surface area contributed by atoms with E-state index in [1.807, 2.05) is 31.2 Å². The fourth-order valence-corrected chi connectivity index (χ4v) is 3.94. The highest BCUT2D eigenvalue weighted by molar-refractivity contribution is 8.00. The summed E-state index contributed by atoms with van der Waals surface area (Å²) in [5.41, 5.74) is 1.59. The van der Waals surface area contributed by atoms with Gasteiger partial charge in [0.1, 0.15) is 24.8 Å². The number of nitrogens with one attached hydrogen (secondary N) is 1. The normalized spacial score (nSPS) is 16.5. The van der Waals surface area contributed by atoms with Gasteiger partial charge in [0.05, 0.1) is 17.5 Å². The van der Waals surface area contributed by atoms with Crippen LogP contribution in [0.2, 0.25) is 0 Å². The third-order valence-corrected chi connectivity index (χ3v) is 5.40. The Kier molecular flexibility index (Phi) is 4.89.